The van der Waals surface area contributed by atoms with E-state index >= 15 is 0 Å². The van der Waals surface area contributed by atoms with Crippen LogP contribution in [0.4, 0.5) is 5.69 Å². The fraction of sp³-hybridized carbons (Fsp3) is 0.0625. The molecule has 0 bridgehead atoms. The fourth-order valence-electron chi connectivity index (χ4n) is 1.77. The zero-order valence-electron chi connectivity index (χ0n) is 12.0. The smallest absolute Gasteiger partial charge is 0.271 e. The van der Waals surface area contributed by atoms with Crippen LogP contribution in [-0.4, -0.2) is 22.8 Å². The van der Waals surface area contributed by atoms with Crippen LogP contribution < -0.4 is 5.43 Å². The number of carbonyl (C=O) groups is 2. The molecule has 0 aromatic heterocycles. The van der Waals surface area contributed by atoms with Crippen molar-refractivity contribution in [3.8, 4) is 0 Å². The molecule has 1 amide bonds. The maximum atomic E-state index is 11.8. The van der Waals surface area contributed by atoms with E-state index in [1.807, 2.05) is 6.07 Å². The molecule has 0 atom stereocenters. The SMILES string of the molecule is O=C(C/C=N/NC(=O)c1ccc([N+](=O)[O-])cc1)c1ccccc1. The highest BCUT2D eigenvalue weighted by atomic mass is 16.6. The molecule has 0 saturated carbocycles. The third-order valence-corrected chi connectivity index (χ3v) is 2.97. The van der Waals surface area contributed by atoms with Crippen LogP contribution in [0.2, 0.25) is 0 Å². The number of amides is 1. The van der Waals surface area contributed by atoms with E-state index in [4.69, 9.17) is 0 Å². The Morgan fingerprint density at radius 3 is 2.30 bits per heavy atom. The first-order valence-corrected chi connectivity index (χ1v) is 6.72. The molecule has 0 aliphatic heterocycles. The summed E-state index contributed by atoms with van der Waals surface area (Å²) in [7, 11) is 0. The van der Waals surface area contributed by atoms with E-state index in [1.165, 1.54) is 30.5 Å². The van der Waals surface area contributed by atoms with Gasteiger partial charge in [-0.05, 0) is 12.1 Å². The number of hydrazone groups is 1. The second kappa shape index (κ2) is 7.60. The van der Waals surface area contributed by atoms with Gasteiger partial charge in [0.1, 0.15) is 0 Å². The van der Waals surface area contributed by atoms with E-state index in [0.717, 1.165) is 0 Å². The highest BCUT2D eigenvalue weighted by Crippen LogP contribution is 2.11. The number of nitro groups is 1. The van der Waals surface area contributed by atoms with E-state index in [2.05, 4.69) is 10.5 Å². The van der Waals surface area contributed by atoms with Gasteiger partial charge in [0.05, 0.1) is 4.92 Å². The number of rotatable bonds is 6. The van der Waals surface area contributed by atoms with Crippen molar-refractivity contribution in [2.24, 2.45) is 5.10 Å². The molecule has 0 radical (unpaired) electrons. The second-order valence-corrected chi connectivity index (χ2v) is 4.55. The van der Waals surface area contributed by atoms with E-state index in [9.17, 15) is 19.7 Å². The van der Waals surface area contributed by atoms with Crippen LogP contribution in [0.15, 0.2) is 59.7 Å². The standard InChI is InChI=1S/C16H13N3O4/c20-15(12-4-2-1-3-5-12)10-11-17-18-16(21)13-6-8-14(9-7-13)19(22)23/h1-9,11H,10H2,(H,18,21)/b17-11+. The summed E-state index contributed by atoms with van der Waals surface area (Å²) in [5.74, 6) is -0.623. The Morgan fingerprint density at radius 2 is 1.70 bits per heavy atom. The quantitative estimate of drug-likeness (QED) is 0.383. The summed E-state index contributed by atoms with van der Waals surface area (Å²) in [6, 6.07) is 13.9. The molecule has 2 rings (SSSR count). The molecule has 0 heterocycles. The first kappa shape index (κ1) is 16.0. The lowest BCUT2D eigenvalue weighted by Gasteiger charge is -1.99. The lowest BCUT2D eigenvalue weighted by molar-refractivity contribution is -0.384. The number of ketones is 1. The average Bonchev–Trinajstić information content (AvgIpc) is 2.59. The van der Waals surface area contributed by atoms with E-state index in [-0.39, 0.29) is 23.5 Å². The molecule has 2 aromatic carbocycles. The highest BCUT2D eigenvalue weighted by Gasteiger charge is 2.08. The Hall–Kier alpha value is -3.35. The molecular formula is C16H13N3O4. The molecule has 7 heteroatoms. The van der Waals surface area contributed by atoms with Crippen molar-refractivity contribution in [3.63, 3.8) is 0 Å². The Morgan fingerprint density at radius 1 is 1.04 bits per heavy atom. The normalized spacial score (nSPS) is 10.4. The van der Waals surface area contributed by atoms with Gasteiger partial charge in [-0.1, -0.05) is 30.3 Å². The largest absolute Gasteiger partial charge is 0.294 e. The van der Waals surface area contributed by atoms with Gasteiger partial charge in [-0.15, -0.1) is 0 Å². The van der Waals surface area contributed by atoms with Crippen LogP contribution in [0.5, 0.6) is 0 Å². The van der Waals surface area contributed by atoms with Crippen molar-refractivity contribution in [1.29, 1.82) is 0 Å². The second-order valence-electron chi connectivity index (χ2n) is 4.55. The summed E-state index contributed by atoms with van der Waals surface area (Å²) in [4.78, 5) is 33.5. The minimum atomic E-state index is -0.547. The predicted octanol–water partition coefficient (Wildman–Crippen LogP) is 2.58. The van der Waals surface area contributed by atoms with Gasteiger partial charge in [0.15, 0.2) is 5.78 Å². The summed E-state index contributed by atoms with van der Waals surface area (Å²) < 4.78 is 0. The molecule has 0 aliphatic carbocycles. The Labute approximate surface area is 131 Å². The molecule has 116 valence electrons. The van der Waals surface area contributed by atoms with Crippen molar-refractivity contribution in [2.75, 3.05) is 0 Å². The van der Waals surface area contributed by atoms with Gasteiger partial charge in [0, 0.05) is 35.9 Å². The molecule has 0 spiro atoms. The third kappa shape index (κ3) is 4.57. The number of nitro benzene ring substituents is 1. The summed E-state index contributed by atoms with van der Waals surface area (Å²) in [6.07, 6.45) is 1.36. The van der Waals surface area contributed by atoms with E-state index in [1.54, 1.807) is 24.3 Å². The first-order valence-electron chi connectivity index (χ1n) is 6.72. The lowest BCUT2D eigenvalue weighted by atomic mass is 10.1. The Kier molecular flexibility index (Phi) is 5.30. The Balaban J connectivity index is 1.86. The van der Waals surface area contributed by atoms with Crippen molar-refractivity contribution >= 4 is 23.6 Å². The number of Topliss-reactive ketones (excluding diaryl/α,β-unsaturated/α-hetero) is 1. The van der Waals surface area contributed by atoms with Crippen molar-refractivity contribution in [2.45, 2.75) is 6.42 Å². The van der Waals surface area contributed by atoms with Gasteiger partial charge in [0.2, 0.25) is 0 Å². The van der Waals surface area contributed by atoms with Gasteiger partial charge in [-0.2, -0.15) is 5.10 Å². The molecule has 1 N–H and O–H groups in total. The number of benzene rings is 2. The third-order valence-electron chi connectivity index (χ3n) is 2.97. The van der Waals surface area contributed by atoms with Gasteiger partial charge < -0.3 is 0 Å². The van der Waals surface area contributed by atoms with Crippen LogP contribution in [0.25, 0.3) is 0 Å². The monoisotopic (exact) mass is 311 g/mol. The molecular weight excluding hydrogens is 298 g/mol. The summed E-state index contributed by atoms with van der Waals surface area (Å²) >= 11 is 0. The number of nitrogens with one attached hydrogen (secondary N) is 1. The number of nitrogens with zero attached hydrogens (tertiary/aromatic N) is 2. The van der Waals surface area contributed by atoms with E-state index < -0.39 is 10.8 Å². The van der Waals surface area contributed by atoms with Gasteiger partial charge >= 0.3 is 0 Å². The number of carbonyl (C=O) groups excluding carboxylic acids is 2. The van der Waals surface area contributed by atoms with Crippen molar-refractivity contribution in [3.05, 3.63) is 75.8 Å². The van der Waals surface area contributed by atoms with E-state index in [0.29, 0.717) is 5.56 Å². The number of hydrogen-bond donors (Lipinski definition) is 1. The summed E-state index contributed by atoms with van der Waals surface area (Å²) in [5, 5.41) is 14.2. The minimum Gasteiger partial charge on any atom is -0.294 e. The Bertz CT molecular complexity index is 740. The number of hydrogen-bond acceptors (Lipinski definition) is 5. The van der Waals surface area contributed by atoms with Crippen LogP contribution >= 0.6 is 0 Å². The maximum absolute atomic E-state index is 11.8. The highest BCUT2D eigenvalue weighted by molar-refractivity contribution is 6.03. The van der Waals surface area contributed by atoms with Crippen molar-refractivity contribution in [1.82, 2.24) is 5.43 Å². The van der Waals surface area contributed by atoms with Crippen LogP contribution in [0.3, 0.4) is 0 Å². The fourth-order valence-corrected chi connectivity index (χ4v) is 1.77. The van der Waals surface area contributed by atoms with Gasteiger partial charge in [0.25, 0.3) is 11.6 Å². The molecule has 0 unspecified atom stereocenters. The first-order chi connectivity index (χ1) is 11.1. The average molecular weight is 311 g/mol. The molecule has 0 saturated heterocycles. The van der Waals surface area contributed by atoms with Crippen LogP contribution in [0.1, 0.15) is 27.1 Å². The lowest BCUT2D eigenvalue weighted by Crippen LogP contribution is -2.17. The topological polar surface area (TPSA) is 102 Å². The minimum absolute atomic E-state index is 0.0601. The molecule has 23 heavy (non-hydrogen) atoms. The molecule has 2 aromatic rings. The number of non-ortho nitro benzene ring substituents is 1. The van der Waals surface area contributed by atoms with Gasteiger partial charge in [-0.3, -0.25) is 19.7 Å². The molecule has 7 nitrogen and oxygen atoms in total. The maximum Gasteiger partial charge on any atom is 0.271 e. The summed E-state index contributed by atoms with van der Waals surface area (Å²) in [6.45, 7) is 0. The molecule has 0 aliphatic rings. The van der Waals surface area contributed by atoms with Gasteiger partial charge in [-0.25, -0.2) is 5.43 Å². The van der Waals surface area contributed by atoms with Crippen molar-refractivity contribution < 1.29 is 14.5 Å². The molecule has 0 fully saturated rings. The van der Waals surface area contributed by atoms with Crippen LogP contribution in [-0.2, 0) is 0 Å². The van der Waals surface area contributed by atoms with Crippen LogP contribution in [0, 0.1) is 10.1 Å². The zero-order valence-corrected chi connectivity index (χ0v) is 12.0. The summed E-state index contributed by atoms with van der Waals surface area (Å²) in [5.41, 5.74) is 2.97. The predicted molar refractivity (Wildman–Crippen MR) is 84.4 cm³/mol. The zero-order chi connectivity index (χ0) is 16.7.